The van der Waals surface area contributed by atoms with Gasteiger partial charge in [0.1, 0.15) is 24.2 Å². The number of hydrogen-bond acceptors (Lipinski definition) is 8. The Balaban J connectivity index is 5.35. The number of aliphatic hydroxyl groups excluding tert-OH is 1. The first kappa shape index (κ1) is 29.1. The van der Waals surface area contributed by atoms with Crippen LogP contribution in [-0.2, 0) is 19.2 Å². The summed E-state index contributed by atoms with van der Waals surface area (Å²) in [5.74, 6) is -2.83. The first-order chi connectivity index (χ1) is 14.6. The smallest absolute Gasteiger partial charge is 0.326 e. The maximum absolute atomic E-state index is 12.8. The second-order valence-corrected chi connectivity index (χ2v) is 8.53. The fourth-order valence-electron chi connectivity index (χ4n) is 2.67. The molecule has 0 heterocycles. The predicted molar refractivity (Wildman–Crippen MR) is 119 cm³/mol. The molecule has 0 saturated carbocycles. The predicted octanol–water partition coefficient (Wildman–Crippen LogP) is -1.62. The van der Waals surface area contributed by atoms with Gasteiger partial charge in [-0.25, -0.2) is 4.79 Å². The molecule has 31 heavy (non-hydrogen) atoms. The molecular formula is C19H37N5O6S. The standard InChI is InChI=1S/C19H37N5O6S/c1-11(2)15(24-16(26)12(21)10-25)18(28)22-13(6-4-5-8-20)17(27)23-14(19(29)30)7-9-31-3/h11-15,25H,4-10,20-21H2,1-3H3,(H,22,28)(H,23,27)(H,24,26)(H,29,30)/t12-,13-,14-,15-/m0/s1. The number of aliphatic carboxylic acids is 1. The lowest BCUT2D eigenvalue weighted by atomic mass is 10.0. The number of carbonyl (C=O) groups is 4. The highest BCUT2D eigenvalue weighted by Gasteiger charge is 2.31. The molecule has 0 unspecified atom stereocenters. The third-order valence-electron chi connectivity index (χ3n) is 4.59. The summed E-state index contributed by atoms with van der Waals surface area (Å²) in [6.45, 7) is 3.26. The molecule has 9 N–H and O–H groups in total. The Kier molecular flexibility index (Phi) is 14.9. The van der Waals surface area contributed by atoms with E-state index in [1.807, 2.05) is 6.26 Å². The minimum Gasteiger partial charge on any atom is -0.480 e. The molecular weight excluding hydrogens is 426 g/mol. The van der Waals surface area contributed by atoms with Crippen molar-refractivity contribution in [2.45, 2.75) is 63.7 Å². The number of aliphatic hydroxyl groups is 1. The van der Waals surface area contributed by atoms with Crippen molar-refractivity contribution in [3.8, 4) is 0 Å². The molecule has 0 aliphatic heterocycles. The third-order valence-corrected chi connectivity index (χ3v) is 5.23. The number of thioether (sulfide) groups is 1. The van der Waals surface area contributed by atoms with Crippen LogP contribution < -0.4 is 27.4 Å². The fraction of sp³-hybridized carbons (Fsp3) is 0.789. The van der Waals surface area contributed by atoms with E-state index in [1.165, 1.54) is 11.8 Å². The number of hydrogen-bond donors (Lipinski definition) is 7. The summed E-state index contributed by atoms with van der Waals surface area (Å²) in [4.78, 5) is 49.0. The topological polar surface area (TPSA) is 197 Å². The molecule has 0 fully saturated rings. The quantitative estimate of drug-likeness (QED) is 0.132. The van der Waals surface area contributed by atoms with E-state index in [4.69, 9.17) is 16.6 Å². The van der Waals surface area contributed by atoms with Crippen LogP contribution >= 0.6 is 11.8 Å². The second-order valence-electron chi connectivity index (χ2n) is 7.55. The molecule has 0 aromatic rings. The van der Waals surface area contributed by atoms with Gasteiger partial charge in [0, 0.05) is 0 Å². The van der Waals surface area contributed by atoms with E-state index < -0.39 is 54.5 Å². The molecule has 0 radical (unpaired) electrons. The molecule has 0 spiro atoms. The number of carboxylic acids is 1. The lowest BCUT2D eigenvalue weighted by molar-refractivity contribution is -0.142. The number of carbonyl (C=O) groups excluding carboxylic acids is 3. The van der Waals surface area contributed by atoms with Crippen molar-refractivity contribution in [1.82, 2.24) is 16.0 Å². The number of nitrogens with two attached hydrogens (primary N) is 2. The molecule has 0 aliphatic carbocycles. The highest BCUT2D eigenvalue weighted by atomic mass is 32.2. The Hall–Kier alpha value is -1.89. The highest BCUT2D eigenvalue weighted by Crippen LogP contribution is 2.08. The van der Waals surface area contributed by atoms with Gasteiger partial charge < -0.3 is 37.6 Å². The van der Waals surface area contributed by atoms with Crippen molar-refractivity contribution in [1.29, 1.82) is 0 Å². The van der Waals surface area contributed by atoms with Gasteiger partial charge in [0.15, 0.2) is 0 Å². The van der Waals surface area contributed by atoms with E-state index in [-0.39, 0.29) is 18.8 Å². The lowest BCUT2D eigenvalue weighted by Crippen LogP contribution is -2.58. The molecule has 0 saturated heterocycles. The Bertz CT molecular complexity index is 592. The summed E-state index contributed by atoms with van der Waals surface area (Å²) in [5.41, 5.74) is 11.0. The number of carboxylic acid groups (broad SMARTS) is 1. The number of nitrogens with one attached hydrogen (secondary N) is 3. The summed E-state index contributed by atoms with van der Waals surface area (Å²) < 4.78 is 0. The van der Waals surface area contributed by atoms with Gasteiger partial charge in [0.05, 0.1) is 6.61 Å². The van der Waals surface area contributed by atoms with Gasteiger partial charge in [-0.2, -0.15) is 11.8 Å². The largest absolute Gasteiger partial charge is 0.480 e. The molecule has 4 atom stereocenters. The van der Waals surface area contributed by atoms with E-state index >= 15 is 0 Å². The molecule has 0 aliphatic rings. The molecule has 3 amide bonds. The van der Waals surface area contributed by atoms with E-state index in [2.05, 4.69) is 16.0 Å². The zero-order chi connectivity index (χ0) is 24.0. The average molecular weight is 464 g/mol. The Labute approximate surface area is 187 Å². The molecule has 180 valence electrons. The first-order valence-corrected chi connectivity index (χ1v) is 11.7. The Morgan fingerprint density at radius 2 is 1.55 bits per heavy atom. The Morgan fingerprint density at radius 1 is 0.935 bits per heavy atom. The minimum atomic E-state index is -1.18. The maximum Gasteiger partial charge on any atom is 0.326 e. The summed E-state index contributed by atoms with van der Waals surface area (Å²) >= 11 is 1.46. The van der Waals surface area contributed by atoms with Crippen molar-refractivity contribution in [3.63, 3.8) is 0 Å². The lowest BCUT2D eigenvalue weighted by Gasteiger charge is -2.27. The van der Waals surface area contributed by atoms with Crippen molar-refractivity contribution >= 4 is 35.5 Å². The summed E-state index contributed by atoms with van der Waals surface area (Å²) in [6.07, 6.45) is 3.52. The van der Waals surface area contributed by atoms with Crippen molar-refractivity contribution in [2.75, 3.05) is 25.2 Å². The Morgan fingerprint density at radius 3 is 2.03 bits per heavy atom. The van der Waals surface area contributed by atoms with Crippen LogP contribution in [0.4, 0.5) is 0 Å². The number of rotatable bonds is 16. The van der Waals surface area contributed by atoms with Crippen LogP contribution in [0, 0.1) is 5.92 Å². The zero-order valence-corrected chi connectivity index (χ0v) is 19.2. The van der Waals surface area contributed by atoms with Crippen molar-refractivity contribution in [3.05, 3.63) is 0 Å². The van der Waals surface area contributed by atoms with Crippen LogP contribution in [0.2, 0.25) is 0 Å². The van der Waals surface area contributed by atoms with Crippen LogP contribution in [0.1, 0.15) is 39.5 Å². The van der Waals surface area contributed by atoms with Gasteiger partial charge in [0.25, 0.3) is 0 Å². The van der Waals surface area contributed by atoms with E-state index in [9.17, 15) is 24.3 Å². The van der Waals surface area contributed by atoms with Crippen LogP contribution in [0.25, 0.3) is 0 Å². The van der Waals surface area contributed by atoms with Crippen LogP contribution in [0.5, 0.6) is 0 Å². The average Bonchev–Trinajstić information content (AvgIpc) is 2.72. The zero-order valence-electron chi connectivity index (χ0n) is 18.4. The fourth-order valence-corrected chi connectivity index (χ4v) is 3.14. The van der Waals surface area contributed by atoms with Gasteiger partial charge in [-0.15, -0.1) is 0 Å². The summed E-state index contributed by atoms with van der Waals surface area (Å²) in [5, 5.41) is 26.0. The van der Waals surface area contributed by atoms with Crippen molar-refractivity contribution in [2.24, 2.45) is 17.4 Å². The monoisotopic (exact) mass is 463 g/mol. The summed E-state index contributed by atoms with van der Waals surface area (Å²) in [7, 11) is 0. The van der Waals surface area contributed by atoms with E-state index in [0.717, 1.165) is 0 Å². The SMILES string of the molecule is CSCC[C@H](NC(=O)[C@H](CCCCN)NC(=O)[C@@H](NC(=O)[C@@H](N)CO)C(C)C)C(=O)O. The van der Waals surface area contributed by atoms with Crippen molar-refractivity contribution < 1.29 is 29.4 Å². The first-order valence-electron chi connectivity index (χ1n) is 10.3. The number of amides is 3. The molecule has 11 nitrogen and oxygen atoms in total. The maximum atomic E-state index is 12.8. The van der Waals surface area contributed by atoms with Gasteiger partial charge in [-0.1, -0.05) is 13.8 Å². The minimum absolute atomic E-state index is 0.245. The molecule has 0 aromatic carbocycles. The number of unbranched alkanes of at least 4 members (excludes halogenated alkanes) is 1. The van der Waals surface area contributed by atoms with Gasteiger partial charge in [-0.05, 0) is 50.2 Å². The molecule has 12 heteroatoms. The van der Waals surface area contributed by atoms with Gasteiger partial charge in [0.2, 0.25) is 17.7 Å². The van der Waals surface area contributed by atoms with Crippen LogP contribution in [-0.4, -0.2) is 83.2 Å². The molecule has 0 rings (SSSR count). The van der Waals surface area contributed by atoms with E-state index in [0.29, 0.717) is 25.1 Å². The van der Waals surface area contributed by atoms with Crippen LogP contribution in [0.3, 0.4) is 0 Å². The second kappa shape index (κ2) is 15.8. The van der Waals surface area contributed by atoms with Gasteiger partial charge in [-0.3, -0.25) is 14.4 Å². The highest BCUT2D eigenvalue weighted by molar-refractivity contribution is 7.98. The molecule has 0 bridgehead atoms. The molecule has 0 aromatic heterocycles. The summed E-state index contributed by atoms with van der Waals surface area (Å²) in [6, 6.07) is -4.22. The van der Waals surface area contributed by atoms with Gasteiger partial charge >= 0.3 is 5.97 Å². The normalized spacial score (nSPS) is 14.9. The third kappa shape index (κ3) is 11.3. The van der Waals surface area contributed by atoms with Crippen LogP contribution in [0.15, 0.2) is 0 Å². The van der Waals surface area contributed by atoms with E-state index in [1.54, 1.807) is 13.8 Å².